The molecule has 3 unspecified atom stereocenters. The van der Waals surface area contributed by atoms with E-state index in [-0.39, 0.29) is 18.2 Å². The molecule has 3 atom stereocenters. The van der Waals surface area contributed by atoms with Crippen LogP contribution in [0, 0.1) is 11.3 Å². The fourth-order valence-electron chi connectivity index (χ4n) is 4.50. The number of anilines is 1. The number of fused-ring (bicyclic) bond motifs is 2. The summed E-state index contributed by atoms with van der Waals surface area (Å²) >= 11 is 0. The van der Waals surface area contributed by atoms with Crippen molar-refractivity contribution in [3.63, 3.8) is 0 Å². The number of nitriles is 1. The molecular formula is C25H23N3O. The highest BCUT2D eigenvalue weighted by atomic mass is 16.5. The van der Waals surface area contributed by atoms with E-state index < -0.39 is 0 Å². The Morgan fingerprint density at radius 2 is 2.07 bits per heavy atom. The molecule has 1 N–H and O–H groups in total. The van der Waals surface area contributed by atoms with Gasteiger partial charge in [0, 0.05) is 17.3 Å². The molecule has 0 saturated carbocycles. The van der Waals surface area contributed by atoms with Crippen LogP contribution in [0.1, 0.15) is 19.8 Å². The summed E-state index contributed by atoms with van der Waals surface area (Å²) in [6.07, 6.45) is 19.1. The van der Waals surface area contributed by atoms with Gasteiger partial charge in [-0.15, -0.1) is 0 Å². The molecule has 4 aliphatic rings. The van der Waals surface area contributed by atoms with Gasteiger partial charge in [-0.2, -0.15) is 5.26 Å². The van der Waals surface area contributed by atoms with E-state index in [0.717, 1.165) is 29.9 Å². The van der Waals surface area contributed by atoms with Gasteiger partial charge in [-0.25, -0.2) is 0 Å². The number of nitrogens with one attached hydrogen (secondary N) is 1. The maximum atomic E-state index is 9.44. The van der Waals surface area contributed by atoms with Gasteiger partial charge in [-0.05, 0) is 49.6 Å². The Hall–Kier alpha value is -3.45. The summed E-state index contributed by atoms with van der Waals surface area (Å²) < 4.78 is 6.29. The van der Waals surface area contributed by atoms with Crippen molar-refractivity contribution in [1.29, 1.82) is 5.26 Å². The highest BCUT2D eigenvalue weighted by Crippen LogP contribution is 2.43. The molecule has 4 heteroatoms. The third-order valence-electron chi connectivity index (χ3n) is 5.72. The molecular weight excluding hydrogens is 358 g/mol. The second kappa shape index (κ2) is 7.18. The van der Waals surface area contributed by atoms with Crippen LogP contribution >= 0.6 is 0 Å². The normalized spacial score (nSPS) is 27.2. The highest BCUT2D eigenvalue weighted by Gasteiger charge is 2.37. The average Bonchev–Trinajstić information content (AvgIpc) is 2.77. The van der Waals surface area contributed by atoms with Gasteiger partial charge < -0.3 is 15.0 Å². The first kappa shape index (κ1) is 17.6. The second-order valence-corrected chi connectivity index (χ2v) is 7.71. The molecule has 4 nitrogen and oxygen atoms in total. The minimum Gasteiger partial charge on any atom is -0.482 e. The van der Waals surface area contributed by atoms with Crippen LogP contribution in [-0.2, 0) is 0 Å². The van der Waals surface area contributed by atoms with E-state index in [1.165, 1.54) is 11.3 Å². The maximum Gasteiger partial charge on any atom is 0.144 e. The molecule has 1 aromatic rings. The Kier molecular flexibility index (Phi) is 4.37. The maximum absolute atomic E-state index is 9.44. The van der Waals surface area contributed by atoms with Gasteiger partial charge >= 0.3 is 0 Å². The number of allylic oxidation sites excluding steroid dienone is 9. The summed E-state index contributed by atoms with van der Waals surface area (Å²) in [5.41, 5.74) is 5.29. The largest absolute Gasteiger partial charge is 0.482 e. The van der Waals surface area contributed by atoms with Crippen LogP contribution in [-0.4, -0.2) is 18.2 Å². The zero-order valence-electron chi connectivity index (χ0n) is 16.4. The average molecular weight is 381 g/mol. The van der Waals surface area contributed by atoms with Crippen LogP contribution in [0.5, 0.6) is 5.75 Å². The zero-order chi connectivity index (χ0) is 19.8. The molecule has 0 spiro atoms. The first-order valence-corrected chi connectivity index (χ1v) is 10.1. The molecule has 1 aromatic carbocycles. The van der Waals surface area contributed by atoms with Crippen LogP contribution in [0.3, 0.4) is 0 Å². The van der Waals surface area contributed by atoms with Gasteiger partial charge in [0.05, 0.1) is 11.7 Å². The van der Waals surface area contributed by atoms with Gasteiger partial charge in [0.2, 0.25) is 0 Å². The Balaban J connectivity index is 1.68. The van der Waals surface area contributed by atoms with Crippen molar-refractivity contribution in [2.75, 3.05) is 4.90 Å². The second-order valence-electron chi connectivity index (χ2n) is 7.71. The van der Waals surface area contributed by atoms with Crippen molar-refractivity contribution in [2.45, 2.75) is 38.0 Å². The van der Waals surface area contributed by atoms with Crippen LogP contribution in [0.4, 0.5) is 5.69 Å². The van der Waals surface area contributed by atoms with Crippen molar-refractivity contribution >= 4 is 5.69 Å². The number of hydrogen-bond donors (Lipinski definition) is 1. The van der Waals surface area contributed by atoms with Gasteiger partial charge in [0.25, 0.3) is 0 Å². The Bertz CT molecular complexity index is 1060. The third-order valence-corrected chi connectivity index (χ3v) is 5.72. The summed E-state index contributed by atoms with van der Waals surface area (Å²) in [6, 6.07) is 10.8. The molecule has 5 rings (SSSR count). The quantitative estimate of drug-likeness (QED) is 0.808. The number of ether oxygens (including phenoxy) is 1. The Morgan fingerprint density at radius 3 is 2.97 bits per heavy atom. The molecule has 144 valence electrons. The summed E-state index contributed by atoms with van der Waals surface area (Å²) in [6.45, 7) is 2.08. The lowest BCUT2D eigenvalue weighted by atomic mass is 9.89. The SMILES string of the molecule is CC1C=C(C2=C(N3c4ccccc4OC4C=CC=CC43)CCC=C2)C=C(C#N)N1. The Labute approximate surface area is 171 Å². The predicted molar refractivity (Wildman–Crippen MR) is 115 cm³/mol. The van der Waals surface area contributed by atoms with Crippen molar-refractivity contribution < 1.29 is 4.74 Å². The molecule has 0 bridgehead atoms. The van der Waals surface area contributed by atoms with E-state index in [0.29, 0.717) is 5.70 Å². The first-order valence-electron chi connectivity index (χ1n) is 10.1. The van der Waals surface area contributed by atoms with Crippen molar-refractivity contribution in [3.05, 3.63) is 95.4 Å². The van der Waals surface area contributed by atoms with E-state index in [1.807, 2.05) is 18.2 Å². The first-order chi connectivity index (χ1) is 14.2. The fourth-order valence-corrected chi connectivity index (χ4v) is 4.50. The smallest absolute Gasteiger partial charge is 0.144 e. The topological polar surface area (TPSA) is 48.3 Å². The molecule has 0 saturated heterocycles. The van der Waals surface area contributed by atoms with Crippen LogP contribution in [0.25, 0.3) is 0 Å². The number of rotatable bonds is 2. The number of nitrogens with zero attached hydrogens (tertiary/aromatic N) is 2. The summed E-state index contributed by atoms with van der Waals surface area (Å²) in [4.78, 5) is 2.44. The lowest BCUT2D eigenvalue weighted by Gasteiger charge is -2.44. The fraction of sp³-hybridized carbons (Fsp3) is 0.240. The summed E-state index contributed by atoms with van der Waals surface area (Å²) in [5, 5.41) is 12.7. The van der Waals surface area contributed by atoms with E-state index in [1.54, 1.807) is 0 Å². The third kappa shape index (κ3) is 3.09. The van der Waals surface area contributed by atoms with Crippen molar-refractivity contribution in [1.82, 2.24) is 5.32 Å². The van der Waals surface area contributed by atoms with Crippen molar-refractivity contribution in [3.8, 4) is 11.8 Å². The van der Waals surface area contributed by atoms with Crippen LogP contribution < -0.4 is 15.0 Å². The minimum atomic E-state index is -0.0132. The molecule has 0 amide bonds. The molecule has 0 radical (unpaired) electrons. The zero-order valence-corrected chi connectivity index (χ0v) is 16.4. The van der Waals surface area contributed by atoms with Crippen LogP contribution in [0.2, 0.25) is 0 Å². The van der Waals surface area contributed by atoms with E-state index in [2.05, 4.69) is 77.9 Å². The van der Waals surface area contributed by atoms with E-state index >= 15 is 0 Å². The lowest BCUT2D eigenvalue weighted by molar-refractivity contribution is 0.215. The van der Waals surface area contributed by atoms with Crippen LogP contribution in [0.15, 0.2) is 95.4 Å². The number of para-hydroxylation sites is 2. The van der Waals surface area contributed by atoms with Gasteiger partial charge in [-0.3, -0.25) is 0 Å². The Morgan fingerprint density at radius 1 is 1.21 bits per heavy atom. The van der Waals surface area contributed by atoms with Gasteiger partial charge in [-0.1, -0.05) is 48.6 Å². The minimum absolute atomic E-state index is 0.0132. The highest BCUT2D eigenvalue weighted by molar-refractivity contribution is 5.69. The number of benzene rings is 1. The molecule has 2 aliphatic heterocycles. The summed E-state index contributed by atoms with van der Waals surface area (Å²) in [5.74, 6) is 0.913. The van der Waals surface area contributed by atoms with E-state index in [9.17, 15) is 5.26 Å². The summed E-state index contributed by atoms with van der Waals surface area (Å²) in [7, 11) is 0. The monoisotopic (exact) mass is 381 g/mol. The van der Waals surface area contributed by atoms with Crippen molar-refractivity contribution in [2.24, 2.45) is 0 Å². The lowest BCUT2D eigenvalue weighted by Crippen LogP contribution is -2.48. The standard InChI is InChI=1S/C25H23N3O/c1-17-14-18(15-19(16-26)27-17)20-8-2-3-9-21(20)28-22-10-4-6-12-24(22)29-25-13-7-5-11-23(25)28/h2,4-8,10-15,17,22,24,27H,3,9H2,1H3. The molecule has 0 fully saturated rings. The molecule has 2 aliphatic carbocycles. The van der Waals surface area contributed by atoms with Gasteiger partial charge in [0.15, 0.2) is 0 Å². The predicted octanol–water partition coefficient (Wildman–Crippen LogP) is 4.68. The molecule has 29 heavy (non-hydrogen) atoms. The molecule has 0 aromatic heterocycles. The number of hydrogen-bond acceptors (Lipinski definition) is 4. The van der Waals surface area contributed by atoms with E-state index in [4.69, 9.17) is 4.74 Å². The van der Waals surface area contributed by atoms with Gasteiger partial charge in [0.1, 0.15) is 23.6 Å². The number of dihydropyridines is 1. The molecule has 2 heterocycles.